The number of carbonyl (C=O) groups is 2. The van der Waals surface area contributed by atoms with E-state index in [1.54, 1.807) is 23.7 Å². The molecule has 0 radical (unpaired) electrons. The zero-order valence-corrected chi connectivity index (χ0v) is 24.4. The molecule has 4 aromatic rings. The number of ether oxygens (including phenoxy) is 2. The van der Waals surface area contributed by atoms with Gasteiger partial charge in [-0.1, -0.05) is 48.0 Å². The minimum absolute atomic E-state index is 0.0459. The lowest BCUT2D eigenvalue weighted by Gasteiger charge is -2.22. The van der Waals surface area contributed by atoms with Crippen molar-refractivity contribution in [2.45, 2.75) is 36.4 Å². The Labute approximate surface area is 245 Å². The van der Waals surface area contributed by atoms with E-state index in [-0.39, 0.29) is 22.0 Å². The second kappa shape index (κ2) is 12.6. The van der Waals surface area contributed by atoms with Gasteiger partial charge in [0.15, 0.2) is 5.82 Å². The minimum Gasteiger partial charge on any atom is -0.460 e. The summed E-state index contributed by atoms with van der Waals surface area (Å²) < 4.78 is 41.6. The van der Waals surface area contributed by atoms with Gasteiger partial charge in [0.25, 0.3) is 16.5 Å². The van der Waals surface area contributed by atoms with Gasteiger partial charge in [-0.3, -0.25) is 19.0 Å². The minimum atomic E-state index is -3.99. The average molecular weight is 618 g/mol. The molecule has 2 atom stereocenters. The Morgan fingerprint density at radius 1 is 1.27 bits per heavy atom. The summed E-state index contributed by atoms with van der Waals surface area (Å²) in [5.41, 5.74) is 3.03. The number of rotatable bonds is 11. The predicted molar refractivity (Wildman–Crippen MR) is 155 cm³/mol. The van der Waals surface area contributed by atoms with Crippen LogP contribution in [0.4, 0.5) is 5.82 Å². The molecular formula is C27H28ClN5O6S2. The zero-order valence-electron chi connectivity index (χ0n) is 22.0. The molecule has 11 nitrogen and oxygen atoms in total. The van der Waals surface area contributed by atoms with Crippen LogP contribution in [0.15, 0.2) is 58.8 Å². The third-order valence-corrected chi connectivity index (χ3v) is 9.64. The monoisotopic (exact) mass is 617 g/mol. The maximum Gasteiger partial charge on any atom is 0.293 e. The molecule has 41 heavy (non-hydrogen) atoms. The third-order valence-electron chi connectivity index (χ3n) is 6.58. The van der Waals surface area contributed by atoms with Crippen LogP contribution in [0.2, 0.25) is 4.34 Å². The fourth-order valence-corrected chi connectivity index (χ4v) is 7.11. The third kappa shape index (κ3) is 6.71. The second-order valence-electron chi connectivity index (χ2n) is 9.41. The van der Waals surface area contributed by atoms with Gasteiger partial charge in [0.2, 0.25) is 5.91 Å². The van der Waals surface area contributed by atoms with Gasteiger partial charge in [-0.15, -0.1) is 11.3 Å². The first kappa shape index (κ1) is 29.0. The SMILES string of the molecule is CC(OC=O)c1cccc2c1c(NS(=O)(=O)c1ccc(Cl)s1)nn2Cc1cccc(CNC(=O)[C@@H]2COCCN2)c1. The summed E-state index contributed by atoms with van der Waals surface area (Å²) in [7, 11) is -3.99. The number of halogens is 1. The quantitative estimate of drug-likeness (QED) is 0.217. The number of benzene rings is 2. The maximum absolute atomic E-state index is 13.2. The van der Waals surface area contributed by atoms with Crippen molar-refractivity contribution in [3.8, 4) is 0 Å². The molecule has 1 aliphatic heterocycles. The molecule has 2 aromatic carbocycles. The van der Waals surface area contributed by atoms with Gasteiger partial charge >= 0.3 is 0 Å². The smallest absolute Gasteiger partial charge is 0.293 e. The van der Waals surface area contributed by atoms with Crippen LogP contribution in [-0.2, 0) is 42.2 Å². The maximum atomic E-state index is 13.2. The molecule has 3 N–H and O–H groups in total. The van der Waals surface area contributed by atoms with Crippen molar-refractivity contribution < 1.29 is 27.5 Å². The Kier molecular flexibility index (Phi) is 8.90. The Hall–Kier alpha value is -3.49. The number of sulfonamides is 1. The van der Waals surface area contributed by atoms with Crippen LogP contribution < -0.4 is 15.4 Å². The molecule has 1 amide bonds. The Morgan fingerprint density at radius 2 is 2.07 bits per heavy atom. The van der Waals surface area contributed by atoms with Crippen molar-refractivity contribution in [3.05, 3.63) is 75.6 Å². The van der Waals surface area contributed by atoms with Gasteiger partial charge in [0.1, 0.15) is 16.4 Å². The summed E-state index contributed by atoms with van der Waals surface area (Å²) in [6.07, 6.45) is -0.649. The summed E-state index contributed by atoms with van der Waals surface area (Å²) in [6, 6.07) is 15.6. The molecule has 0 bridgehead atoms. The fraction of sp³-hybridized carbons (Fsp3) is 0.296. The first-order valence-electron chi connectivity index (χ1n) is 12.8. The number of nitrogens with zero attached hydrogens (tertiary/aromatic N) is 2. The molecule has 2 aromatic heterocycles. The van der Waals surface area contributed by atoms with Gasteiger partial charge in [0, 0.05) is 18.7 Å². The standard InChI is InChI=1S/C27H28ClN5O6S2/c1-17(39-16-34)20-6-3-7-22-25(20)26(32-41(36,37)24-9-8-23(28)40-24)31-33(22)14-19-5-2-4-18(12-19)13-30-27(35)21-15-38-11-10-29-21/h2-9,12,16-17,21,29H,10-11,13-15H2,1H3,(H,30,35)(H,31,32)/t17?,21-/m0/s1. The Morgan fingerprint density at radius 3 is 2.80 bits per heavy atom. The van der Waals surface area contributed by atoms with Crippen LogP contribution >= 0.6 is 22.9 Å². The Balaban J connectivity index is 1.44. The number of hydrogen-bond acceptors (Lipinski definition) is 9. The van der Waals surface area contributed by atoms with Gasteiger partial charge in [-0.2, -0.15) is 5.10 Å². The number of hydrogen-bond donors (Lipinski definition) is 3. The molecule has 14 heteroatoms. The highest BCUT2D eigenvalue weighted by molar-refractivity contribution is 7.94. The van der Waals surface area contributed by atoms with Crippen LogP contribution in [-0.4, -0.2) is 56.4 Å². The summed E-state index contributed by atoms with van der Waals surface area (Å²) in [5.74, 6) is -0.0246. The second-order valence-corrected chi connectivity index (χ2v) is 13.0. The molecule has 0 saturated carbocycles. The number of fused-ring (bicyclic) bond motifs is 1. The summed E-state index contributed by atoms with van der Waals surface area (Å²) in [4.78, 5) is 23.6. The number of morpholine rings is 1. The van der Waals surface area contributed by atoms with E-state index in [9.17, 15) is 18.0 Å². The fourth-order valence-electron chi connectivity index (χ4n) is 4.62. The van der Waals surface area contributed by atoms with E-state index < -0.39 is 16.1 Å². The summed E-state index contributed by atoms with van der Waals surface area (Å²) in [5, 5.41) is 11.2. The van der Waals surface area contributed by atoms with Gasteiger partial charge in [-0.25, -0.2) is 8.42 Å². The van der Waals surface area contributed by atoms with E-state index in [1.165, 1.54) is 12.1 Å². The van der Waals surface area contributed by atoms with Crippen molar-refractivity contribution in [1.29, 1.82) is 0 Å². The number of carbonyl (C=O) groups excluding carboxylic acids is 2. The molecule has 1 fully saturated rings. The topological polar surface area (TPSA) is 141 Å². The highest BCUT2D eigenvalue weighted by Crippen LogP contribution is 2.34. The first-order chi connectivity index (χ1) is 19.7. The van der Waals surface area contributed by atoms with Crippen molar-refractivity contribution in [3.63, 3.8) is 0 Å². The lowest BCUT2D eigenvalue weighted by Crippen LogP contribution is -2.51. The molecule has 1 saturated heterocycles. The van der Waals surface area contributed by atoms with E-state index in [2.05, 4.69) is 20.5 Å². The average Bonchev–Trinajstić information content (AvgIpc) is 3.56. The van der Waals surface area contributed by atoms with Crippen LogP contribution in [0.25, 0.3) is 10.9 Å². The van der Waals surface area contributed by atoms with E-state index >= 15 is 0 Å². The van der Waals surface area contributed by atoms with Crippen molar-refractivity contribution in [2.75, 3.05) is 24.5 Å². The predicted octanol–water partition coefficient (Wildman–Crippen LogP) is 3.44. The Bertz CT molecular complexity index is 1670. The first-order valence-corrected chi connectivity index (χ1v) is 15.5. The van der Waals surface area contributed by atoms with E-state index in [1.807, 2.05) is 30.3 Å². The molecular weight excluding hydrogens is 590 g/mol. The number of aromatic nitrogens is 2. The largest absolute Gasteiger partial charge is 0.460 e. The van der Waals surface area contributed by atoms with Crippen LogP contribution in [0.5, 0.6) is 0 Å². The molecule has 3 heterocycles. The van der Waals surface area contributed by atoms with E-state index in [0.29, 0.717) is 60.1 Å². The normalized spacial score (nSPS) is 16.3. The highest BCUT2D eigenvalue weighted by atomic mass is 35.5. The number of nitrogens with one attached hydrogen (secondary N) is 3. The molecule has 0 aliphatic carbocycles. The van der Waals surface area contributed by atoms with E-state index in [0.717, 1.165) is 22.5 Å². The highest BCUT2D eigenvalue weighted by Gasteiger charge is 2.25. The molecule has 5 rings (SSSR count). The van der Waals surface area contributed by atoms with Gasteiger partial charge < -0.3 is 20.1 Å². The molecule has 0 spiro atoms. The summed E-state index contributed by atoms with van der Waals surface area (Å²) in [6.45, 7) is 4.26. The van der Waals surface area contributed by atoms with E-state index in [4.69, 9.17) is 21.1 Å². The lowest BCUT2D eigenvalue weighted by atomic mass is 10.1. The van der Waals surface area contributed by atoms with Crippen molar-refractivity contribution >= 4 is 62.1 Å². The molecule has 1 aliphatic rings. The lowest BCUT2D eigenvalue weighted by molar-refractivity contribution is -0.133. The number of thiophene rings is 1. The zero-order chi connectivity index (χ0) is 29.0. The van der Waals surface area contributed by atoms with Crippen molar-refractivity contribution in [1.82, 2.24) is 20.4 Å². The van der Waals surface area contributed by atoms with Crippen LogP contribution in [0.3, 0.4) is 0 Å². The van der Waals surface area contributed by atoms with Crippen molar-refractivity contribution in [2.24, 2.45) is 0 Å². The summed E-state index contributed by atoms with van der Waals surface area (Å²) >= 11 is 6.91. The number of amides is 1. The molecule has 216 valence electrons. The van der Waals surface area contributed by atoms with Gasteiger partial charge in [0.05, 0.1) is 35.0 Å². The van der Waals surface area contributed by atoms with Crippen LogP contribution in [0.1, 0.15) is 29.7 Å². The van der Waals surface area contributed by atoms with Gasteiger partial charge in [-0.05, 0) is 36.2 Å². The number of anilines is 1. The van der Waals surface area contributed by atoms with Crippen LogP contribution in [0, 0.1) is 0 Å². The molecule has 1 unspecified atom stereocenters.